The molecule has 2 saturated carbocycles. The SMILES string of the molecule is COc1ccc2c(c1O)[C@@]13CCN(CC4CC4)C(C2)[C@H]1CC(OC)C(=O)C3. The molecule has 4 atom stereocenters. The van der Waals surface area contributed by atoms with Crippen molar-refractivity contribution in [3.05, 3.63) is 23.3 Å². The van der Waals surface area contributed by atoms with Crippen LogP contribution in [-0.2, 0) is 21.4 Å². The normalized spacial score (nSPS) is 35.5. The summed E-state index contributed by atoms with van der Waals surface area (Å²) in [5.41, 5.74) is 1.90. The van der Waals surface area contributed by atoms with E-state index >= 15 is 0 Å². The number of ether oxygens (including phenoxy) is 2. The molecule has 3 aliphatic carbocycles. The summed E-state index contributed by atoms with van der Waals surface area (Å²) in [5, 5.41) is 11.0. The van der Waals surface area contributed by atoms with Crippen LogP contribution < -0.4 is 4.74 Å². The Labute approximate surface area is 160 Å². The quantitative estimate of drug-likeness (QED) is 0.882. The molecule has 1 N–H and O–H groups in total. The number of hydrogen-bond donors (Lipinski definition) is 1. The first kappa shape index (κ1) is 17.5. The Morgan fingerprint density at radius 3 is 2.81 bits per heavy atom. The van der Waals surface area contributed by atoms with E-state index in [2.05, 4.69) is 11.0 Å². The molecule has 3 fully saturated rings. The van der Waals surface area contributed by atoms with Crippen LogP contribution in [-0.4, -0.2) is 55.2 Å². The number of rotatable bonds is 4. The molecule has 1 heterocycles. The molecule has 2 unspecified atom stereocenters. The number of benzene rings is 1. The average molecular weight is 371 g/mol. The van der Waals surface area contributed by atoms with Crippen LogP contribution in [0.2, 0.25) is 0 Å². The predicted molar refractivity (Wildman–Crippen MR) is 101 cm³/mol. The molecule has 0 spiro atoms. The van der Waals surface area contributed by atoms with Gasteiger partial charge in [-0.1, -0.05) is 6.07 Å². The number of fused-ring (bicyclic) bond motifs is 1. The van der Waals surface area contributed by atoms with Crippen molar-refractivity contribution in [3.63, 3.8) is 0 Å². The van der Waals surface area contributed by atoms with Crippen molar-refractivity contribution in [2.75, 3.05) is 27.3 Å². The van der Waals surface area contributed by atoms with Crippen molar-refractivity contribution >= 4 is 5.78 Å². The molecule has 4 aliphatic rings. The van der Waals surface area contributed by atoms with Crippen LogP contribution in [0.3, 0.4) is 0 Å². The number of nitrogens with zero attached hydrogens (tertiary/aromatic N) is 1. The molecular formula is C22H29NO4. The Morgan fingerprint density at radius 2 is 2.11 bits per heavy atom. The predicted octanol–water partition coefficient (Wildman–Crippen LogP) is 2.67. The fraction of sp³-hybridized carbons (Fsp3) is 0.682. The fourth-order valence-electron chi connectivity index (χ4n) is 6.19. The number of phenols is 1. The van der Waals surface area contributed by atoms with Crippen molar-refractivity contribution in [3.8, 4) is 11.5 Å². The summed E-state index contributed by atoms with van der Waals surface area (Å²) < 4.78 is 11.0. The second-order valence-corrected chi connectivity index (χ2v) is 8.98. The molecule has 5 rings (SSSR count). The maximum atomic E-state index is 12.9. The third-order valence-corrected chi connectivity index (χ3v) is 7.65. The third kappa shape index (κ3) is 2.54. The van der Waals surface area contributed by atoms with Gasteiger partial charge in [-0.05, 0) is 62.1 Å². The van der Waals surface area contributed by atoms with Crippen molar-refractivity contribution in [1.29, 1.82) is 0 Å². The highest BCUT2D eigenvalue weighted by Crippen LogP contribution is 2.59. The minimum Gasteiger partial charge on any atom is -0.504 e. The largest absolute Gasteiger partial charge is 0.504 e. The summed E-state index contributed by atoms with van der Waals surface area (Å²) in [7, 11) is 3.24. The molecule has 0 amide bonds. The maximum absolute atomic E-state index is 12.9. The molecule has 5 heteroatoms. The van der Waals surface area contributed by atoms with E-state index in [1.807, 2.05) is 6.07 Å². The lowest BCUT2D eigenvalue weighted by Crippen LogP contribution is -2.64. The Balaban J connectivity index is 1.62. The zero-order valence-corrected chi connectivity index (χ0v) is 16.2. The van der Waals surface area contributed by atoms with Gasteiger partial charge in [-0.25, -0.2) is 0 Å². The number of Topliss-reactive ketones (excluding diaryl/α,β-unsaturated/α-hetero) is 1. The van der Waals surface area contributed by atoms with Crippen LogP contribution in [0.5, 0.6) is 11.5 Å². The van der Waals surface area contributed by atoms with E-state index in [4.69, 9.17) is 9.47 Å². The van der Waals surface area contributed by atoms with E-state index in [0.717, 1.165) is 37.3 Å². The molecule has 5 nitrogen and oxygen atoms in total. The molecule has 146 valence electrons. The van der Waals surface area contributed by atoms with Crippen LogP contribution in [0.1, 0.15) is 43.2 Å². The second-order valence-electron chi connectivity index (χ2n) is 8.98. The standard InChI is InChI=1S/C22H29NO4/c1-26-18-6-5-14-9-16-15-10-19(27-2)17(24)11-22(15,20(14)21(18)25)7-8-23(16)12-13-3-4-13/h5-6,13,15-16,19,25H,3-4,7-12H2,1-2H3/t15-,16?,19?,22-/m1/s1. The second kappa shape index (κ2) is 6.21. The smallest absolute Gasteiger partial charge is 0.162 e. The zero-order valence-electron chi connectivity index (χ0n) is 16.2. The van der Waals surface area contributed by atoms with E-state index in [1.54, 1.807) is 14.2 Å². The summed E-state index contributed by atoms with van der Waals surface area (Å²) in [6, 6.07) is 4.41. The molecule has 0 radical (unpaired) electrons. The Kier molecular flexibility index (Phi) is 4.03. The van der Waals surface area contributed by atoms with Gasteiger partial charge in [0.25, 0.3) is 0 Å². The highest BCUT2D eigenvalue weighted by atomic mass is 16.5. The number of hydrogen-bond acceptors (Lipinski definition) is 5. The van der Waals surface area contributed by atoms with E-state index in [1.165, 1.54) is 24.9 Å². The Hall–Kier alpha value is -1.59. The third-order valence-electron chi connectivity index (χ3n) is 7.65. The van der Waals surface area contributed by atoms with Gasteiger partial charge in [0.05, 0.1) is 7.11 Å². The Bertz CT molecular complexity index is 774. The van der Waals surface area contributed by atoms with Crippen molar-refractivity contribution in [2.45, 2.75) is 56.1 Å². The monoisotopic (exact) mass is 371 g/mol. The highest BCUT2D eigenvalue weighted by molar-refractivity contribution is 5.86. The maximum Gasteiger partial charge on any atom is 0.162 e. The van der Waals surface area contributed by atoms with Crippen LogP contribution in [0.15, 0.2) is 12.1 Å². The Morgan fingerprint density at radius 1 is 1.30 bits per heavy atom. The van der Waals surface area contributed by atoms with Crippen LogP contribution in [0, 0.1) is 11.8 Å². The summed E-state index contributed by atoms with van der Waals surface area (Å²) in [6.07, 6.45) is 5.50. The molecule has 1 aliphatic heterocycles. The number of piperidine rings is 1. The van der Waals surface area contributed by atoms with Gasteiger partial charge in [0.2, 0.25) is 0 Å². The summed E-state index contributed by atoms with van der Waals surface area (Å²) in [6.45, 7) is 2.19. The lowest BCUT2D eigenvalue weighted by Gasteiger charge is -2.59. The lowest BCUT2D eigenvalue weighted by molar-refractivity contribution is -0.142. The fourth-order valence-corrected chi connectivity index (χ4v) is 6.19. The number of ketones is 1. The van der Waals surface area contributed by atoms with Gasteiger partial charge < -0.3 is 14.6 Å². The summed E-state index contributed by atoms with van der Waals surface area (Å²) in [4.78, 5) is 15.5. The van der Waals surface area contributed by atoms with Crippen LogP contribution in [0.25, 0.3) is 0 Å². The molecule has 1 aromatic carbocycles. The van der Waals surface area contributed by atoms with E-state index in [9.17, 15) is 9.90 Å². The minimum absolute atomic E-state index is 0.179. The van der Waals surface area contributed by atoms with Gasteiger partial charge in [0.1, 0.15) is 6.10 Å². The average Bonchev–Trinajstić information content (AvgIpc) is 3.47. The zero-order chi connectivity index (χ0) is 18.8. The van der Waals surface area contributed by atoms with E-state index < -0.39 is 0 Å². The number of carbonyl (C=O) groups excluding carboxylic acids is 1. The van der Waals surface area contributed by atoms with Gasteiger partial charge in [-0.3, -0.25) is 9.69 Å². The minimum atomic E-state index is -0.305. The first-order valence-electron chi connectivity index (χ1n) is 10.3. The van der Waals surface area contributed by atoms with Gasteiger partial charge in [0.15, 0.2) is 17.3 Å². The van der Waals surface area contributed by atoms with Crippen molar-refractivity contribution < 1.29 is 19.4 Å². The lowest BCUT2D eigenvalue weighted by atomic mass is 9.51. The highest BCUT2D eigenvalue weighted by Gasteiger charge is 2.59. The van der Waals surface area contributed by atoms with Crippen LogP contribution >= 0.6 is 0 Å². The van der Waals surface area contributed by atoms with Gasteiger partial charge in [-0.2, -0.15) is 0 Å². The molecular weight excluding hydrogens is 342 g/mol. The topological polar surface area (TPSA) is 59.0 Å². The van der Waals surface area contributed by atoms with E-state index in [-0.39, 0.29) is 23.1 Å². The molecule has 2 bridgehead atoms. The van der Waals surface area contributed by atoms with Gasteiger partial charge >= 0.3 is 0 Å². The molecule has 1 saturated heterocycles. The number of phenolic OH excluding ortho intramolecular Hbond substituents is 1. The van der Waals surface area contributed by atoms with Crippen LogP contribution in [0.4, 0.5) is 0 Å². The first-order valence-corrected chi connectivity index (χ1v) is 10.3. The number of likely N-dealkylation sites (tertiary alicyclic amines) is 1. The first-order chi connectivity index (χ1) is 13.1. The number of methoxy groups -OCH3 is 2. The number of carbonyl (C=O) groups is 1. The van der Waals surface area contributed by atoms with Gasteiger partial charge in [-0.15, -0.1) is 0 Å². The van der Waals surface area contributed by atoms with Crippen molar-refractivity contribution in [1.82, 2.24) is 4.90 Å². The van der Waals surface area contributed by atoms with Crippen molar-refractivity contribution in [2.24, 2.45) is 11.8 Å². The number of aromatic hydroxyl groups is 1. The summed E-state index contributed by atoms with van der Waals surface area (Å²) in [5.74, 6) is 2.14. The molecule has 27 heavy (non-hydrogen) atoms. The summed E-state index contributed by atoms with van der Waals surface area (Å²) >= 11 is 0. The molecule has 1 aromatic rings. The van der Waals surface area contributed by atoms with Gasteiger partial charge in [0, 0.05) is 37.1 Å². The molecule has 0 aromatic heterocycles. The van der Waals surface area contributed by atoms with E-state index in [0.29, 0.717) is 24.1 Å².